The first-order valence-corrected chi connectivity index (χ1v) is 10.1. The molecule has 128 valence electrons. The molecule has 4 nitrogen and oxygen atoms in total. The second-order valence-electron chi connectivity index (χ2n) is 8.58. The summed E-state index contributed by atoms with van der Waals surface area (Å²) in [6.07, 6.45) is 9.64. The van der Waals surface area contributed by atoms with E-state index in [0.29, 0.717) is 0 Å². The molecule has 5 aliphatic carbocycles. The second kappa shape index (κ2) is 5.32. The summed E-state index contributed by atoms with van der Waals surface area (Å²) >= 11 is 1.40. The molecule has 5 heteroatoms. The highest BCUT2D eigenvalue weighted by atomic mass is 32.1. The number of amides is 2. The zero-order valence-corrected chi connectivity index (χ0v) is 14.7. The molecule has 1 aromatic rings. The van der Waals surface area contributed by atoms with E-state index in [4.69, 9.17) is 0 Å². The van der Waals surface area contributed by atoms with Gasteiger partial charge in [0.25, 0.3) is 5.91 Å². The van der Waals surface area contributed by atoms with E-state index < -0.39 is 0 Å². The Bertz CT molecular complexity index is 656. The van der Waals surface area contributed by atoms with E-state index in [1.165, 1.54) is 49.9 Å². The Hall–Kier alpha value is -1.36. The molecule has 5 aliphatic rings. The van der Waals surface area contributed by atoms with Gasteiger partial charge in [0.05, 0.1) is 9.88 Å². The number of anilines is 1. The molecule has 24 heavy (non-hydrogen) atoms. The van der Waals surface area contributed by atoms with Crippen LogP contribution in [0.15, 0.2) is 12.1 Å². The Kier molecular flexibility index (Phi) is 3.31. The number of rotatable bonds is 4. The third kappa shape index (κ3) is 2.67. The molecule has 0 saturated heterocycles. The zero-order chi connectivity index (χ0) is 16.3. The first-order chi connectivity index (χ1) is 11.6. The number of nitrogens with one attached hydrogen (secondary N) is 2. The highest BCUT2D eigenvalue weighted by Crippen LogP contribution is 2.55. The average molecular weight is 344 g/mol. The molecule has 0 radical (unpaired) electrons. The lowest BCUT2D eigenvalue weighted by molar-refractivity contribution is -0.117. The van der Waals surface area contributed by atoms with Crippen molar-refractivity contribution in [3.63, 3.8) is 0 Å². The first-order valence-electron chi connectivity index (χ1n) is 9.32. The van der Waals surface area contributed by atoms with Gasteiger partial charge in [-0.25, -0.2) is 0 Å². The molecule has 1 aromatic heterocycles. The summed E-state index contributed by atoms with van der Waals surface area (Å²) in [7, 11) is 0. The molecular weight excluding hydrogens is 320 g/mol. The van der Waals surface area contributed by atoms with Crippen LogP contribution in [0.5, 0.6) is 0 Å². The van der Waals surface area contributed by atoms with E-state index in [0.717, 1.165) is 40.5 Å². The Morgan fingerprint density at radius 3 is 2.21 bits per heavy atom. The first kappa shape index (κ1) is 14.9. The molecule has 2 N–H and O–H groups in total. The minimum atomic E-state index is 0.0489. The van der Waals surface area contributed by atoms with Crippen LogP contribution in [-0.2, 0) is 4.79 Å². The molecule has 5 fully saturated rings. The summed E-state index contributed by atoms with van der Waals surface area (Å²) < 4.78 is 0. The minimum Gasteiger partial charge on any atom is -0.346 e. The minimum absolute atomic E-state index is 0.0489. The fourth-order valence-electron chi connectivity index (χ4n) is 5.66. The maximum absolute atomic E-state index is 12.8. The van der Waals surface area contributed by atoms with Gasteiger partial charge < -0.3 is 10.6 Å². The van der Waals surface area contributed by atoms with Crippen molar-refractivity contribution >= 4 is 28.2 Å². The van der Waals surface area contributed by atoms with Gasteiger partial charge in [-0.2, -0.15) is 0 Å². The molecule has 2 amide bonds. The fourth-order valence-corrected chi connectivity index (χ4v) is 6.47. The van der Waals surface area contributed by atoms with Crippen LogP contribution in [-0.4, -0.2) is 17.4 Å². The van der Waals surface area contributed by atoms with Gasteiger partial charge in [0.2, 0.25) is 5.91 Å². The Labute approximate surface area is 146 Å². The van der Waals surface area contributed by atoms with Crippen molar-refractivity contribution in [3.05, 3.63) is 17.0 Å². The summed E-state index contributed by atoms with van der Waals surface area (Å²) in [6, 6.07) is 3.71. The molecule has 0 unspecified atom stereocenters. The summed E-state index contributed by atoms with van der Waals surface area (Å²) in [6.45, 7) is 0. The van der Waals surface area contributed by atoms with Crippen LogP contribution in [0.2, 0.25) is 0 Å². The van der Waals surface area contributed by atoms with E-state index in [-0.39, 0.29) is 23.3 Å². The molecule has 5 saturated carbocycles. The standard InChI is InChI=1S/C19H24N2O2S/c22-17(14-1-2-14)20-16-4-3-15(24-16)18(23)21-19-8-11-5-12(9-19)7-13(6-11)10-19/h3-4,11-14H,1-2,5-10H2,(H,20,22)(H,21,23). The molecule has 0 aromatic carbocycles. The SMILES string of the molecule is O=C(NC12CC3CC(CC(C3)C1)C2)c1ccc(NC(=O)C2CC2)s1. The van der Waals surface area contributed by atoms with Crippen LogP contribution >= 0.6 is 11.3 Å². The lowest BCUT2D eigenvalue weighted by Crippen LogP contribution is -2.59. The highest BCUT2D eigenvalue weighted by molar-refractivity contribution is 7.18. The van der Waals surface area contributed by atoms with Crippen molar-refractivity contribution in [1.82, 2.24) is 5.32 Å². The molecule has 0 aliphatic heterocycles. The molecular formula is C19H24N2O2S. The van der Waals surface area contributed by atoms with Gasteiger partial charge in [0, 0.05) is 11.5 Å². The largest absolute Gasteiger partial charge is 0.346 e. The third-order valence-corrected chi connectivity index (χ3v) is 7.44. The predicted molar refractivity (Wildman–Crippen MR) is 94.0 cm³/mol. The van der Waals surface area contributed by atoms with Crippen LogP contribution in [0.4, 0.5) is 5.00 Å². The van der Waals surface area contributed by atoms with E-state index in [1.54, 1.807) is 0 Å². The van der Waals surface area contributed by atoms with Crippen LogP contribution in [0.1, 0.15) is 61.0 Å². The number of hydrogen-bond acceptors (Lipinski definition) is 3. The lowest BCUT2D eigenvalue weighted by Gasteiger charge is -2.56. The molecule has 1 heterocycles. The van der Waals surface area contributed by atoms with Crippen LogP contribution in [0.25, 0.3) is 0 Å². The van der Waals surface area contributed by atoms with Crippen molar-refractivity contribution in [1.29, 1.82) is 0 Å². The van der Waals surface area contributed by atoms with Crippen LogP contribution in [0.3, 0.4) is 0 Å². The van der Waals surface area contributed by atoms with Crippen molar-refractivity contribution in [2.24, 2.45) is 23.7 Å². The Morgan fingerprint density at radius 1 is 1.00 bits per heavy atom. The highest BCUT2D eigenvalue weighted by Gasteiger charge is 2.51. The topological polar surface area (TPSA) is 58.2 Å². The number of hydrogen-bond donors (Lipinski definition) is 2. The molecule has 4 bridgehead atoms. The Morgan fingerprint density at radius 2 is 1.62 bits per heavy atom. The third-order valence-electron chi connectivity index (χ3n) is 6.44. The lowest BCUT2D eigenvalue weighted by atomic mass is 9.53. The number of carbonyl (C=O) groups is 2. The zero-order valence-electron chi connectivity index (χ0n) is 13.8. The number of carbonyl (C=O) groups excluding carboxylic acids is 2. The smallest absolute Gasteiger partial charge is 0.261 e. The van der Waals surface area contributed by atoms with Crippen LogP contribution in [0, 0.1) is 23.7 Å². The van der Waals surface area contributed by atoms with Gasteiger partial charge in [0.15, 0.2) is 0 Å². The van der Waals surface area contributed by atoms with Gasteiger partial charge >= 0.3 is 0 Å². The summed E-state index contributed by atoms with van der Waals surface area (Å²) in [4.78, 5) is 25.3. The maximum Gasteiger partial charge on any atom is 0.261 e. The van der Waals surface area contributed by atoms with E-state index in [9.17, 15) is 9.59 Å². The van der Waals surface area contributed by atoms with Gasteiger partial charge in [-0.3, -0.25) is 9.59 Å². The summed E-state index contributed by atoms with van der Waals surface area (Å²) in [5.74, 6) is 2.82. The fraction of sp³-hybridized carbons (Fsp3) is 0.684. The van der Waals surface area contributed by atoms with Gasteiger partial charge in [-0.15, -0.1) is 11.3 Å². The average Bonchev–Trinajstić information content (AvgIpc) is 3.25. The van der Waals surface area contributed by atoms with Crippen molar-refractivity contribution in [2.45, 2.75) is 56.9 Å². The van der Waals surface area contributed by atoms with Gasteiger partial charge in [0.1, 0.15) is 0 Å². The second-order valence-corrected chi connectivity index (χ2v) is 9.66. The van der Waals surface area contributed by atoms with Crippen molar-refractivity contribution < 1.29 is 9.59 Å². The van der Waals surface area contributed by atoms with E-state index in [2.05, 4.69) is 10.6 Å². The normalized spacial score (nSPS) is 36.6. The quantitative estimate of drug-likeness (QED) is 0.873. The summed E-state index contributed by atoms with van der Waals surface area (Å²) in [5.41, 5.74) is 0.0489. The van der Waals surface area contributed by atoms with Gasteiger partial charge in [-0.05, 0) is 81.3 Å². The molecule has 6 rings (SSSR count). The maximum atomic E-state index is 12.8. The van der Waals surface area contributed by atoms with Crippen molar-refractivity contribution in [2.75, 3.05) is 5.32 Å². The van der Waals surface area contributed by atoms with Crippen molar-refractivity contribution in [3.8, 4) is 0 Å². The van der Waals surface area contributed by atoms with E-state index >= 15 is 0 Å². The van der Waals surface area contributed by atoms with Gasteiger partial charge in [-0.1, -0.05) is 0 Å². The van der Waals surface area contributed by atoms with E-state index in [1.807, 2.05) is 12.1 Å². The number of thiophene rings is 1. The predicted octanol–water partition coefficient (Wildman–Crippen LogP) is 3.80. The Balaban J connectivity index is 1.27. The summed E-state index contributed by atoms with van der Waals surface area (Å²) in [5, 5.41) is 7.13. The molecule has 0 atom stereocenters. The molecule has 0 spiro atoms. The monoisotopic (exact) mass is 344 g/mol. The van der Waals surface area contributed by atoms with Crippen LogP contribution < -0.4 is 10.6 Å².